The van der Waals surface area contributed by atoms with Crippen molar-refractivity contribution in [2.75, 3.05) is 11.9 Å². The van der Waals surface area contributed by atoms with Gasteiger partial charge in [0.1, 0.15) is 11.6 Å². The van der Waals surface area contributed by atoms with E-state index in [1.165, 1.54) is 24.1 Å². The molecule has 2 aromatic rings. The minimum absolute atomic E-state index is 0. The second-order valence-corrected chi connectivity index (χ2v) is 7.48. The molecule has 2 fully saturated rings. The van der Waals surface area contributed by atoms with Crippen molar-refractivity contribution in [2.45, 2.75) is 50.1 Å². The summed E-state index contributed by atoms with van der Waals surface area (Å²) in [6, 6.07) is 4.71. The fourth-order valence-electron chi connectivity index (χ4n) is 3.04. The maximum Gasteiger partial charge on any atom is 0.134 e. The van der Waals surface area contributed by atoms with Gasteiger partial charge in [-0.1, -0.05) is 0 Å². The lowest BCUT2D eigenvalue weighted by atomic mass is 9.78. The Balaban J connectivity index is 0.00000104. The van der Waals surface area contributed by atoms with Crippen LogP contribution in [-0.4, -0.2) is 23.1 Å². The molecule has 2 aliphatic rings. The maximum atomic E-state index is 5.95. The second kappa shape index (κ2) is 8.00. The van der Waals surface area contributed by atoms with E-state index >= 15 is 0 Å². The minimum Gasteiger partial charge on any atom is -0.355 e. The Morgan fingerprint density at radius 1 is 1.21 bits per heavy atom. The van der Waals surface area contributed by atoms with E-state index in [9.17, 15) is 0 Å². The molecule has 0 bridgehead atoms. The first-order valence-corrected chi connectivity index (χ1v) is 9.00. The van der Waals surface area contributed by atoms with Crippen molar-refractivity contribution >= 4 is 42.0 Å². The maximum absolute atomic E-state index is 5.95. The average Bonchev–Trinajstić information content (AvgIpc) is 3.22. The molecule has 0 amide bonds. The number of thiophene rings is 1. The molecule has 0 radical (unpaired) electrons. The van der Waals surface area contributed by atoms with Crippen LogP contribution in [0.1, 0.15) is 54.6 Å². The second-order valence-electron chi connectivity index (χ2n) is 6.70. The van der Waals surface area contributed by atoms with Crippen molar-refractivity contribution < 1.29 is 0 Å². The fraction of sp³-hybridized carbons (Fsp3) is 0.529. The molecule has 0 spiro atoms. The van der Waals surface area contributed by atoms with Gasteiger partial charge in [0.15, 0.2) is 0 Å². The smallest absolute Gasteiger partial charge is 0.134 e. The standard InChI is InChI=1S/C17H22N4S.2ClH/c1-21(9-11-4-5-22-10-11)16-8-15(13-6-14(18)7-13)19-17(20-16)12-2-3-12;;/h4-5,8,10,12-14H,2-3,6-7,9,18H2,1H3;2*1H. The van der Waals surface area contributed by atoms with Crippen molar-refractivity contribution in [2.24, 2.45) is 5.73 Å². The molecular weight excluding hydrogens is 363 g/mol. The fourth-order valence-corrected chi connectivity index (χ4v) is 3.70. The van der Waals surface area contributed by atoms with Crippen LogP contribution in [0.5, 0.6) is 0 Å². The van der Waals surface area contributed by atoms with Gasteiger partial charge >= 0.3 is 0 Å². The molecule has 0 aliphatic heterocycles. The van der Waals surface area contributed by atoms with Gasteiger partial charge in [0.25, 0.3) is 0 Å². The van der Waals surface area contributed by atoms with Gasteiger partial charge in [-0.25, -0.2) is 9.97 Å². The summed E-state index contributed by atoms with van der Waals surface area (Å²) in [5, 5.41) is 4.32. The molecule has 132 valence electrons. The predicted molar refractivity (Wildman–Crippen MR) is 105 cm³/mol. The zero-order valence-electron chi connectivity index (χ0n) is 13.7. The van der Waals surface area contributed by atoms with E-state index in [2.05, 4.69) is 34.8 Å². The van der Waals surface area contributed by atoms with Gasteiger partial charge in [0.05, 0.1) is 0 Å². The largest absolute Gasteiger partial charge is 0.355 e. The summed E-state index contributed by atoms with van der Waals surface area (Å²) < 4.78 is 0. The highest BCUT2D eigenvalue weighted by Gasteiger charge is 2.32. The third-order valence-corrected chi connectivity index (χ3v) is 5.41. The van der Waals surface area contributed by atoms with Gasteiger partial charge in [-0.3, -0.25) is 0 Å². The number of rotatable bonds is 5. The molecule has 4 rings (SSSR count). The van der Waals surface area contributed by atoms with E-state index in [0.29, 0.717) is 17.9 Å². The van der Waals surface area contributed by atoms with E-state index in [4.69, 9.17) is 15.7 Å². The van der Waals surface area contributed by atoms with Crippen molar-refractivity contribution in [3.63, 3.8) is 0 Å². The van der Waals surface area contributed by atoms with Crippen molar-refractivity contribution in [3.8, 4) is 0 Å². The van der Waals surface area contributed by atoms with Crippen LogP contribution in [0.4, 0.5) is 5.82 Å². The molecule has 4 nitrogen and oxygen atoms in total. The summed E-state index contributed by atoms with van der Waals surface area (Å²) >= 11 is 1.74. The first-order chi connectivity index (χ1) is 10.7. The third-order valence-electron chi connectivity index (χ3n) is 4.68. The molecule has 2 heterocycles. The van der Waals surface area contributed by atoms with Gasteiger partial charge in [0, 0.05) is 43.2 Å². The van der Waals surface area contributed by atoms with Crippen LogP contribution in [0.25, 0.3) is 0 Å². The summed E-state index contributed by atoms with van der Waals surface area (Å²) in [7, 11) is 2.12. The van der Waals surface area contributed by atoms with Gasteiger partial charge < -0.3 is 10.6 Å². The number of hydrogen-bond donors (Lipinski definition) is 1. The van der Waals surface area contributed by atoms with Crippen molar-refractivity contribution in [1.29, 1.82) is 0 Å². The van der Waals surface area contributed by atoms with Crippen LogP contribution in [0.2, 0.25) is 0 Å². The molecule has 0 unspecified atom stereocenters. The summed E-state index contributed by atoms with van der Waals surface area (Å²) in [5.74, 6) is 3.22. The van der Waals surface area contributed by atoms with Gasteiger partial charge in [-0.15, -0.1) is 24.8 Å². The first-order valence-electron chi connectivity index (χ1n) is 8.05. The molecule has 2 aliphatic carbocycles. The molecule has 0 saturated heterocycles. The third kappa shape index (κ3) is 4.20. The van der Waals surface area contributed by atoms with E-state index in [0.717, 1.165) is 31.0 Å². The van der Waals surface area contributed by atoms with Gasteiger partial charge in [0.2, 0.25) is 0 Å². The molecule has 0 atom stereocenters. The Labute approximate surface area is 159 Å². The van der Waals surface area contributed by atoms with Crippen LogP contribution in [-0.2, 0) is 6.54 Å². The quantitative estimate of drug-likeness (QED) is 0.839. The van der Waals surface area contributed by atoms with Crippen LogP contribution in [0, 0.1) is 0 Å². The molecule has 24 heavy (non-hydrogen) atoms. The Kier molecular flexibility index (Phi) is 6.48. The molecular formula is C17H24Cl2N4S. The lowest BCUT2D eigenvalue weighted by Crippen LogP contribution is -2.35. The number of halogens is 2. The number of aromatic nitrogens is 2. The summed E-state index contributed by atoms with van der Waals surface area (Å²) in [4.78, 5) is 11.9. The van der Waals surface area contributed by atoms with Gasteiger partial charge in [-0.2, -0.15) is 11.3 Å². The van der Waals surface area contributed by atoms with Crippen LogP contribution < -0.4 is 10.6 Å². The summed E-state index contributed by atoms with van der Waals surface area (Å²) in [5.41, 5.74) is 8.49. The Hall–Kier alpha value is -0.880. The topological polar surface area (TPSA) is 55.0 Å². The normalized spacial score (nSPS) is 22.1. The molecule has 2 aromatic heterocycles. The molecule has 7 heteroatoms. The highest BCUT2D eigenvalue weighted by Crippen LogP contribution is 2.41. The SMILES string of the molecule is CN(Cc1ccsc1)c1cc(C2CC(N)C2)nc(C2CC2)n1.Cl.Cl. The zero-order chi connectivity index (χ0) is 15.1. The monoisotopic (exact) mass is 386 g/mol. The highest BCUT2D eigenvalue weighted by molar-refractivity contribution is 7.07. The zero-order valence-corrected chi connectivity index (χ0v) is 16.2. The number of anilines is 1. The van der Waals surface area contributed by atoms with Gasteiger partial charge in [-0.05, 0) is 48.1 Å². The van der Waals surface area contributed by atoms with E-state index in [1.54, 1.807) is 11.3 Å². The molecule has 0 aromatic carbocycles. The van der Waals surface area contributed by atoms with Crippen LogP contribution in [0.3, 0.4) is 0 Å². The number of nitrogens with zero attached hydrogens (tertiary/aromatic N) is 3. The lowest BCUT2D eigenvalue weighted by molar-refractivity contribution is 0.344. The van der Waals surface area contributed by atoms with Crippen LogP contribution in [0.15, 0.2) is 22.9 Å². The van der Waals surface area contributed by atoms with Crippen LogP contribution >= 0.6 is 36.2 Å². The first kappa shape index (κ1) is 19.4. The molecule has 2 saturated carbocycles. The van der Waals surface area contributed by atoms with Crippen molar-refractivity contribution in [1.82, 2.24) is 9.97 Å². The Morgan fingerprint density at radius 3 is 2.54 bits per heavy atom. The van der Waals surface area contributed by atoms with E-state index < -0.39 is 0 Å². The number of hydrogen-bond acceptors (Lipinski definition) is 5. The summed E-state index contributed by atoms with van der Waals surface area (Å²) in [6.45, 7) is 0.897. The number of nitrogens with two attached hydrogens (primary N) is 1. The molecule has 2 N–H and O–H groups in total. The Morgan fingerprint density at radius 2 is 1.96 bits per heavy atom. The minimum atomic E-state index is 0. The van der Waals surface area contributed by atoms with Crippen molar-refractivity contribution in [3.05, 3.63) is 40.0 Å². The lowest BCUT2D eigenvalue weighted by Gasteiger charge is -2.32. The highest BCUT2D eigenvalue weighted by atomic mass is 35.5. The average molecular weight is 387 g/mol. The van der Waals surface area contributed by atoms with E-state index in [-0.39, 0.29) is 24.8 Å². The van der Waals surface area contributed by atoms with E-state index in [1.807, 2.05) is 0 Å². The summed E-state index contributed by atoms with van der Waals surface area (Å²) in [6.07, 6.45) is 4.60. The Bertz CT molecular complexity index is 655. The predicted octanol–water partition coefficient (Wildman–Crippen LogP) is 4.10.